The predicted octanol–water partition coefficient (Wildman–Crippen LogP) is 3.12. The highest BCUT2D eigenvalue weighted by molar-refractivity contribution is 5.91. The van der Waals surface area contributed by atoms with E-state index >= 15 is 0 Å². The molecule has 1 amide bonds. The predicted molar refractivity (Wildman–Crippen MR) is 90.8 cm³/mol. The minimum Gasteiger partial charge on any atom is -0.453 e. The number of halogens is 1. The van der Waals surface area contributed by atoms with Gasteiger partial charge in [-0.15, -0.1) is 0 Å². The molecule has 2 aromatic heterocycles. The molecule has 0 radical (unpaired) electrons. The normalized spacial score (nSPS) is 10.3. The summed E-state index contributed by atoms with van der Waals surface area (Å²) in [6, 6.07) is 11.3. The maximum absolute atomic E-state index is 14.2. The molecule has 7 heteroatoms. The minimum atomic E-state index is -0.605. The molecule has 25 heavy (non-hydrogen) atoms. The van der Waals surface area contributed by atoms with E-state index in [1.807, 2.05) is 0 Å². The second kappa shape index (κ2) is 7.39. The molecular formula is C18H15FN4O2. The van der Waals surface area contributed by atoms with Crippen LogP contribution in [-0.4, -0.2) is 15.9 Å². The van der Waals surface area contributed by atoms with E-state index in [1.54, 1.807) is 42.6 Å². The molecule has 0 aliphatic heterocycles. The van der Waals surface area contributed by atoms with E-state index in [4.69, 9.17) is 10.5 Å². The van der Waals surface area contributed by atoms with Crippen LogP contribution in [0, 0.1) is 5.82 Å². The lowest BCUT2D eigenvalue weighted by Crippen LogP contribution is -2.13. The number of aromatic nitrogens is 2. The van der Waals surface area contributed by atoms with Gasteiger partial charge in [-0.2, -0.15) is 0 Å². The van der Waals surface area contributed by atoms with E-state index in [9.17, 15) is 9.18 Å². The zero-order chi connectivity index (χ0) is 17.6. The first kappa shape index (κ1) is 16.4. The molecule has 0 atom stereocenters. The topological polar surface area (TPSA) is 90.1 Å². The van der Waals surface area contributed by atoms with E-state index in [0.717, 1.165) is 0 Å². The molecule has 0 aliphatic rings. The number of amides is 1. The van der Waals surface area contributed by atoms with Gasteiger partial charge in [0, 0.05) is 24.6 Å². The maximum Gasteiger partial charge on any atom is 0.267 e. The Labute approximate surface area is 143 Å². The Balaban J connectivity index is 1.67. The van der Waals surface area contributed by atoms with Gasteiger partial charge in [0.2, 0.25) is 0 Å². The number of carbonyl (C=O) groups is 1. The van der Waals surface area contributed by atoms with Crippen molar-refractivity contribution in [2.75, 3.05) is 5.32 Å². The van der Waals surface area contributed by atoms with Gasteiger partial charge in [0.1, 0.15) is 11.4 Å². The van der Waals surface area contributed by atoms with Crippen molar-refractivity contribution in [1.29, 1.82) is 0 Å². The van der Waals surface area contributed by atoms with Crippen molar-refractivity contribution in [3.8, 4) is 11.5 Å². The van der Waals surface area contributed by atoms with Crippen molar-refractivity contribution in [1.82, 2.24) is 9.97 Å². The molecule has 0 unspecified atom stereocenters. The SMILES string of the molecule is NC(=O)c1cc(NCc2ccc(Oc3cccnc3)c(F)c2)ccn1. The van der Waals surface area contributed by atoms with Crippen LogP contribution in [0.25, 0.3) is 0 Å². The zero-order valence-corrected chi connectivity index (χ0v) is 13.1. The van der Waals surface area contributed by atoms with Gasteiger partial charge in [-0.05, 0) is 42.0 Å². The van der Waals surface area contributed by atoms with E-state index in [-0.39, 0.29) is 11.4 Å². The van der Waals surface area contributed by atoms with Gasteiger partial charge < -0.3 is 15.8 Å². The van der Waals surface area contributed by atoms with Crippen LogP contribution in [0.1, 0.15) is 16.1 Å². The fourth-order valence-corrected chi connectivity index (χ4v) is 2.15. The van der Waals surface area contributed by atoms with Gasteiger partial charge in [0.25, 0.3) is 5.91 Å². The van der Waals surface area contributed by atoms with Gasteiger partial charge in [0.05, 0.1) is 6.20 Å². The highest BCUT2D eigenvalue weighted by atomic mass is 19.1. The Morgan fingerprint density at radius 2 is 2.08 bits per heavy atom. The van der Waals surface area contributed by atoms with Crippen LogP contribution in [0.15, 0.2) is 61.1 Å². The number of ether oxygens (including phenoxy) is 1. The fourth-order valence-electron chi connectivity index (χ4n) is 2.15. The van der Waals surface area contributed by atoms with E-state index in [2.05, 4.69) is 15.3 Å². The summed E-state index contributed by atoms with van der Waals surface area (Å²) in [5, 5.41) is 3.09. The Kier molecular flexibility index (Phi) is 4.84. The van der Waals surface area contributed by atoms with Gasteiger partial charge in [-0.3, -0.25) is 14.8 Å². The van der Waals surface area contributed by atoms with Crippen molar-refractivity contribution in [2.45, 2.75) is 6.54 Å². The number of primary amides is 1. The number of carbonyl (C=O) groups excluding carboxylic acids is 1. The molecule has 1 aromatic carbocycles. The van der Waals surface area contributed by atoms with Gasteiger partial charge in [-0.25, -0.2) is 4.39 Å². The monoisotopic (exact) mass is 338 g/mol. The van der Waals surface area contributed by atoms with E-state index < -0.39 is 11.7 Å². The summed E-state index contributed by atoms with van der Waals surface area (Å²) in [4.78, 5) is 18.9. The molecule has 0 saturated heterocycles. The quantitative estimate of drug-likeness (QED) is 0.721. The third-order valence-electron chi connectivity index (χ3n) is 3.37. The average Bonchev–Trinajstić information content (AvgIpc) is 2.63. The summed E-state index contributed by atoms with van der Waals surface area (Å²) in [7, 11) is 0. The number of benzene rings is 1. The standard InChI is InChI=1S/C18H15FN4O2/c19-15-8-12(3-4-17(15)25-14-2-1-6-21-11-14)10-23-13-5-7-22-16(9-13)18(20)24/h1-9,11H,10H2,(H2,20,24)(H,22,23). The second-order valence-electron chi connectivity index (χ2n) is 5.20. The first-order valence-corrected chi connectivity index (χ1v) is 7.48. The summed E-state index contributed by atoms with van der Waals surface area (Å²) < 4.78 is 19.6. The van der Waals surface area contributed by atoms with Crippen molar-refractivity contribution in [3.63, 3.8) is 0 Å². The molecule has 0 bridgehead atoms. The van der Waals surface area contributed by atoms with Crippen molar-refractivity contribution < 1.29 is 13.9 Å². The van der Waals surface area contributed by atoms with E-state index in [1.165, 1.54) is 18.5 Å². The molecule has 2 heterocycles. The molecule has 0 spiro atoms. The van der Waals surface area contributed by atoms with Crippen LogP contribution < -0.4 is 15.8 Å². The Morgan fingerprint density at radius 3 is 2.80 bits per heavy atom. The van der Waals surface area contributed by atoms with Crippen LogP contribution in [-0.2, 0) is 6.54 Å². The molecule has 3 rings (SSSR count). The molecule has 0 fully saturated rings. The summed E-state index contributed by atoms with van der Waals surface area (Å²) in [6.45, 7) is 0.367. The fraction of sp³-hybridized carbons (Fsp3) is 0.0556. The maximum atomic E-state index is 14.2. The lowest BCUT2D eigenvalue weighted by molar-refractivity contribution is 0.0995. The number of anilines is 1. The second-order valence-corrected chi connectivity index (χ2v) is 5.20. The summed E-state index contributed by atoms with van der Waals surface area (Å²) in [5.74, 6) is -0.498. The number of rotatable bonds is 6. The number of nitrogens with two attached hydrogens (primary N) is 1. The van der Waals surface area contributed by atoms with Crippen molar-refractivity contribution in [2.24, 2.45) is 5.73 Å². The summed E-state index contributed by atoms with van der Waals surface area (Å²) in [5.41, 5.74) is 6.74. The van der Waals surface area contributed by atoms with Crippen LogP contribution in [0.3, 0.4) is 0 Å². The van der Waals surface area contributed by atoms with Crippen molar-refractivity contribution >= 4 is 11.6 Å². The first-order valence-electron chi connectivity index (χ1n) is 7.48. The minimum absolute atomic E-state index is 0.122. The molecule has 3 N–H and O–H groups in total. The third-order valence-corrected chi connectivity index (χ3v) is 3.37. The molecule has 6 nitrogen and oxygen atoms in total. The summed E-state index contributed by atoms with van der Waals surface area (Å²) in [6.07, 6.45) is 4.60. The number of nitrogens with one attached hydrogen (secondary N) is 1. The first-order chi connectivity index (χ1) is 12.1. The lowest BCUT2D eigenvalue weighted by atomic mass is 10.2. The van der Waals surface area contributed by atoms with Crippen LogP contribution >= 0.6 is 0 Å². The van der Waals surface area contributed by atoms with Gasteiger partial charge in [-0.1, -0.05) is 6.07 Å². The highest BCUT2D eigenvalue weighted by Crippen LogP contribution is 2.24. The largest absolute Gasteiger partial charge is 0.453 e. The highest BCUT2D eigenvalue weighted by Gasteiger charge is 2.07. The lowest BCUT2D eigenvalue weighted by Gasteiger charge is -2.10. The molecule has 0 aliphatic carbocycles. The summed E-state index contributed by atoms with van der Waals surface area (Å²) >= 11 is 0. The van der Waals surface area contributed by atoms with Crippen LogP contribution in [0.5, 0.6) is 11.5 Å². The van der Waals surface area contributed by atoms with Crippen LogP contribution in [0.2, 0.25) is 0 Å². The third kappa shape index (κ3) is 4.29. The Hall–Kier alpha value is -3.48. The van der Waals surface area contributed by atoms with Crippen LogP contribution in [0.4, 0.5) is 10.1 Å². The zero-order valence-electron chi connectivity index (χ0n) is 13.1. The number of hydrogen-bond donors (Lipinski definition) is 2. The molecule has 126 valence electrons. The Morgan fingerprint density at radius 1 is 1.20 bits per heavy atom. The van der Waals surface area contributed by atoms with Gasteiger partial charge >= 0.3 is 0 Å². The number of nitrogens with zero attached hydrogens (tertiary/aromatic N) is 2. The van der Waals surface area contributed by atoms with Crippen molar-refractivity contribution in [3.05, 3.63) is 78.1 Å². The van der Waals surface area contributed by atoms with Gasteiger partial charge in [0.15, 0.2) is 11.6 Å². The number of pyridine rings is 2. The molecule has 3 aromatic rings. The molecule has 0 saturated carbocycles. The average molecular weight is 338 g/mol. The van der Waals surface area contributed by atoms with E-state index in [0.29, 0.717) is 23.5 Å². The molecular weight excluding hydrogens is 323 g/mol. The Bertz CT molecular complexity index is 887. The smallest absolute Gasteiger partial charge is 0.267 e. The number of hydrogen-bond acceptors (Lipinski definition) is 5.